The fourth-order valence-electron chi connectivity index (χ4n) is 3.98. The van der Waals surface area contributed by atoms with Gasteiger partial charge in [0.2, 0.25) is 11.8 Å². The van der Waals surface area contributed by atoms with Crippen LogP contribution in [0.3, 0.4) is 0 Å². The molecule has 28 heavy (non-hydrogen) atoms. The molecule has 1 aliphatic carbocycles. The van der Waals surface area contributed by atoms with Crippen LogP contribution in [-0.4, -0.2) is 24.4 Å². The standard InChI is InChI=1S/C24H32N2O2/c1-2-3-15-25-24(28)22(26-23(27)20-10-5-4-6-11-20)17-18-13-14-19-9-7-8-12-21(19)16-18/h7-9,12-14,16,20,22H,2-6,10-11,15,17H2,1H3,(H,25,28)(H,26,27). The van der Waals surface area contributed by atoms with Crippen LogP contribution in [0.4, 0.5) is 0 Å². The van der Waals surface area contributed by atoms with Crippen LogP contribution >= 0.6 is 0 Å². The maximum atomic E-state index is 12.8. The van der Waals surface area contributed by atoms with Crippen molar-refractivity contribution in [2.45, 2.75) is 64.3 Å². The molecule has 0 aromatic heterocycles. The van der Waals surface area contributed by atoms with E-state index in [1.165, 1.54) is 11.8 Å². The maximum Gasteiger partial charge on any atom is 0.242 e. The summed E-state index contributed by atoms with van der Waals surface area (Å²) in [5, 5.41) is 8.39. The molecule has 1 aliphatic rings. The third kappa shape index (κ3) is 5.57. The number of hydrogen-bond acceptors (Lipinski definition) is 2. The Morgan fingerprint density at radius 1 is 1.04 bits per heavy atom. The minimum absolute atomic E-state index is 0.0381. The van der Waals surface area contributed by atoms with Gasteiger partial charge < -0.3 is 10.6 Å². The van der Waals surface area contributed by atoms with Crippen LogP contribution in [0.2, 0.25) is 0 Å². The summed E-state index contributed by atoms with van der Waals surface area (Å²) in [5.41, 5.74) is 1.07. The second-order valence-electron chi connectivity index (χ2n) is 7.93. The second-order valence-corrected chi connectivity index (χ2v) is 7.93. The first-order valence-corrected chi connectivity index (χ1v) is 10.7. The maximum absolute atomic E-state index is 12.8. The SMILES string of the molecule is CCCCNC(=O)C(Cc1ccc2ccccc2c1)NC(=O)C1CCCCC1. The molecule has 2 aromatic carbocycles. The summed E-state index contributed by atoms with van der Waals surface area (Å²) in [7, 11) is 0. The Bertz CT molecular complexity index is 796. The zero-order chi connectivity index (χ0) is 19.8. The van der Waals surface area contributed by atoms with Crippen molar-refractivity contribution in [3.8, 4) is 0 Å². The van der Waals surface area contributed by atoms with E-state index in [2.05, 4.69) is 47.9 Å². The molecule has 0 heterocycles. The van der Waals surface area contributed by atoms with Crippen molar-refractivity contribution in [1.82, 2.24) is 10.6 Å². The molecule has 2 amide bonds. The minimum atomic E-state index is -0.521. The van der Waals surface area contributed by atoms with E-state index in [0.29, 0.717) is 13.0 Å². The first-order chi connectivity index (χ1) is 13.7. The Labute approximate surface area is 168 Å². The normalized spacial score (nSPS) is 15.9. The van der Waals surface area contributed by atoms with Crippen molar-refractivity contribution < 1.29 is 9.59 Å². The summed E-state index contributed by atoms with van der Waals surface area (Å²) < 4.78 is 0. The lowest BCUT2D eigenvalue weighted by atomic mass is 9.88. The lowest BCUT2D eigenvalue weighted by Gasteiger charge is -2.25. The minimum Gasteiger partial charge on any atom is -0.354 e. The highest BCUT2D eigenvalue weighted by Crippen LogP contribution is 2.24. The largest absolute Gasteiger partial charge is 0.354 e. The zero-order valence-electron chi connectivity index (χ0n) is 16.9. The van der Waals surface area contributed by atoms with Gasteiger partial charge in [-0.2, -0.15) is 0 Å². The van der Waals surface area contributed by atoms with E-state index in [1.54, 1.807) is 0 Å². The summed E-state index contributed by atoms with van der Waals surface area (Å²) in [4.78, 5) is 25.5. The van der Waals surface area contributed by atoms with Crippen LogP contribution in [0.5, 0.6) is 0 Å². The van der Waals surface area contributed by atoms with Crippen molar-refractivity contribution in [3.63, 3.8) is 0 Å². The quantitative estimate of drug-likeness (QED) is 0.669. The van der Waals surface area contributed by atoms with Crippen LogP contribution < -0.4 is 10.6 Å². The van der Waals surface area contributed by atoms with Crippen LogP contribution in [-0.2, 0) is 16.0 Å². The van der Waals surface area contributed by atoms with Gasteiger partial charge in [0.05, 0.1) is 0 Å². The van der Waals surface area contributed by atoms with Gasteiger partial charge in [-0.3, -0.25) is 9.59 Å². The molecular formula is C24H32N2O2. The van der Waals surface area contributed by atoms with Crippen LogP contribution in [0.1, 0.15) is 57.4 Å². The summed E-state index contributed by atoms with van der Waals surface area (Å²) >= 11 is 0. The average Bonchev–Trinajstić information content (AvgIpc) is 2.74. The van der Waals surface area contributed by atoms with Gasteiger partial charge in [-0.1, -0.05) is 75.1 Å². The number of amides is 2. The van der Waals surface area contributed by atoms with E-state index in [9.17, 15) is 9.59 Å². The van der Waals surface area contributed by atoms with Gasteiger partial charge in [-0.15, -0.1) is 0 Å². The summed E-state index contributed by atoms with van der Waals surface area (Å²) in [6.45, 7) is 2.76. The second kappa shape index (κ2) is 10.3. The smallest absolute Gasteiger partial charge is 0.242 e. The molecule has 0 spiro atoms. The number of unbranched alkanes of at least 4 members (excludes halogenated alkanes) is 1. The molecule has 4 heteroatoms. The van der Waals surface area contributed by atoms with Gasteiger partial charge in [0.15, 0.2) is 0 Å². The molecular weight excluding hydrogens is 348 g/mol. The third-order valence-corrected chi connectivity index (χ3v) is 5.69. The van der Waals surface area contributed by atoms with Crippen molar-refractivity contribution in [1.29, 1.82) is 0 Å². The van der Waals surface area contributed by atoms with Gasteiger partial charge in [0, 0.05) is 18.9 Å². The molecule has 2 aromatic rings. The Hall–Kier alpha value is -2.36. The number of fused-ring (bicyclic) bond motifs is 1. The van der Waals surface area contributed by atoms with E-state index in [0.717, 1.165) is 49.5 Å². The van der Waals surface area contributed by atoms with E-state index >= 15 is 0 Å². The van der Waals surface area contributed by atoms with Gasteiger partial charge in [0.25, 0.3) is 0 Å². The van der Waals surface area contributed by atoms with Crippen molar-refractivity contribution in [2.24, 2.45) is 5.92 Å². The molecule has 0 aliphatic heterocycles. The topological polar surface area (TPSA) is 58.2 Å². The number of carbonyl (C=O) groups excluding carboxylic acids is 2. The molecule has 0 saturated heterocycles. The van der Waals surface area contributed by atoms with Crippen molar-refractivity contribution in [2.75, 3.05) is 6.54 Å². The van der Waals surface area contributed by atoms with Gasteiger partial charge in [-0.05, 0) is 35.6 Å². The van der Waals surface area contributed by atoms with Crippen LogP contribution in [0.25, 0.3) is 10.8 Å². The molecule has 2 N–H and O–H groups in total. The van der Waals surface area contributed by atoms with E-state index < -0.39 is 6.04 Å². The summed E-state index contributed by atoms with van der Waals surface area (Å²) in [6, 6.07) is 13.9. The Balaban J connectivity index is 1.71. The number of carbonyl (C=O) groups is 2. The lowest BCUT2D eigenvalue weighted by Crippen LogP contribution is -2.50. The zero-order valence-corrected chi connectivity index (χ0v) is 16.9. The number of benzene rings is 2. The Morgan fingerprint density at radius 2 is 1.79 bits per heavy atom. The van der Waals surface area contributed by atoms with Crippen molar-refractivity contribution in [3.05, 3.63) is 48.0 Å². The third-order valence-electron chi connectivity index (χ3n) is 5.69. The lowest BCUT2D eigenvalue weighted by molar-refractivity contribution is -0.131. The molecule has 1 atom stereocenters. The fraction of sp³-hybridized carbons (Fsp3) is 0.500. The number of hydrogen-bond donors (Lipinski definition) is 2. The van der Waals surface area contributed by atoms with Gasteiger partial charge >= 0.3 is 0 Å². The van der Waals surface area contributed by atoms with E-state index in [1.807, 2.05) is 12.1 Å². The highest BCUT2D eigenvalue weighted by molar-refractivity contribution is 5.89. The monoisotopic (exact) mass is 380 g/mol. The van der Waals surface area contributed by atoms with Gasteiger partial charge in [0.1, 0.15) is 6.04 Å². The van der Waals surface area contributed by atoms with E-state index in [-0.39, 0.29) is 17.7 Å². The first kappa shape index (κ1) is 20.4. The van der Waals surface area contributed by atoms with Crippen LogP contribution in [0, 0.1) is 5.92 Å². The number of rotatable bonds is 8. The molecule has 0 radical (unpaired) electrons. The molecule has 1 fully saturated rings. The molecule has 150 valence electrons. The summed E-state index contributed by atoms with van der Waals surface area (Å²) in [5.74, 6) is 0.0122. The van der Waals surface area contributed by atoms with Gasteiger partial charge in [-0.25, -0.2) is 0 Å². The predicted molar refractivity (Wildman–Crippen MR) is 114 cm³/mol. The van der Waals surface area contributed by atoms with E-state index in [4.69, 9.17) is 0 Å². The summed E-state index contributed by atoms with van der Waals surface area (Å²) in [6.07, 6.45) is 7.79. The highest BCUT2D eigenvalue weighted by atomic mass is 16.2. The molecule has 1 unspecified atom stereocenters. The number of nitrogens with one attached hydrogen (secondary N) is 2. The molecule has 4 nitrogen and oxygen atoms in total. The first-order valence-electron chi connectivity index (χ1n) is 10.7. The molecule has 0 bridgehead atoms. The molecule has 3 rings (SSSR count). The molecule has 1 saturated carbocycles. The predicted octanol–water partition coefficient (Wildman–Crippen LogP) is 4.36. The Kier molecular flexibility index (Phi) is 7.46. The van der Waals surface area contributed by atoms with Crippen LogP contribution in [0.15, 0.2) is 42.5 Å². The van der Waals surface area contributed by atoms with Crippen molar-refractivity contribution >= 4 is 22.6 Å². The Morgan fingerprint density at radius 3 is 2.54 bits per heavy atom. The average molecular weight is 381 g/mol. The fourth-order valence-corrected chi connectivity index (χ4v) is 3.98. The highest BCUT2D eigenvalue weighted by Gasteiger charge is 2.26.